The molecule has 0 fully saturated rings. The van der Waals surface area contributed by atoms with E-state index in [1.807, 2.05) is 30.3 Å². The summed E-state index contributed by atoms with van der Waals surface area (Å²) in [5.41, 5.74) is 3.08. The summed E-state index contributed by atoms with van der Waals surface area (Å²) in [5.74, 6) is -0.750. The van der Waals surface area contributed by atoms with E-state index in [0.29, 0.717) is 27.7 Å². The van der Waals surface area contributed by atoms with Crippen molar-refractivity contribution >= 4 is 39.6 Å². The molecule has 0 saturated carbocycles. The number of hydrogen-bond donors (Lipinski definition) is 2. The van der Waals surface area contributed by atoms with Crippen LogP contribution in [0.5, 0.6) is 0 Å². The summed E-state index contributed by atoms with van der Waals surface area (Å²) in [6.07, 6.45) is 5.21. The number of nitrogens with zero attached hydrogens (tertiary/aromatic N) is 1. The standard InChI is InChI=1S/C26H22ClN3O2S/c27-19-12-10-18(11-13-19)23(31)14-22(25(32)29-16-17-6-2-1-3-7-17)30-26-21(15-28)20-8-4-5-9-24(20)33-26/h1-3,6-7,10-14,30H,4-5,8-9,16H2,(H,29,32). The molecule has 5 nitrogen and oxygen atoms in total. The van der Waals surface area contributed by atoms with E-state index in [4.69, 9.17) is 11.6 Å². The third kappa shape index (κ3) is 5.51. The van der Waals surface area contributed by atoms with Gasteiger partial charge in [0.15, 0.2) is 5.78 Å². The molecule has 0 unspecified atom stereocenters. The highest BCUT2D eigenvalue weighted by Crippen LogP contribution is 2.38. The van der Waals surface area contributed by atoms with Gasteiger partial charge in [-0.25, -0.2) is 0 Å². The third-order valence-electron chi connectivity index (χ3n) is 5.48. The van der Waals surface area contributed by atoms with Crippen molar-refractivity contribution in [2.45, 2.75) is 32.2 Å². The largest absolute Gasteiger partial charge is 0.347 e. The van der Waals surface area contributed by atoms with Gasteiger partial charge in [-0.15, -0.1) is 11.3 Å². The van der Waals surface area contributed by atoms with Crippen molar-refractivity contribution in [2.24, 2.45) is 0 Å². The first-order valence-electron chi connectivity index (χ1n) is 10.7. The quantitative estimate of drug-likeness (QED) is 0.342. The van der Waals surface area contributed by atoms with Gasteiger partial charge in [0.25, 0.3) is 5.91 Å². The van der Waals surface area contributed by atoms with E-state index >= 15 is 0 Å². The number of nitrogens with one attached hydrogen (secondary N) is 2. The number of allylic oxidation sites excluding steroid dienone is 1. The van der Waals surface area contributed by atoms with E-state index in [9.17, 15) is 14.9 Å². The number of amides is 1. The van der Waals surface area contributed by atoms with Gasteiger partial charge in [-0.3, -0.25) is 9.59 Å². The molecule has 0 bridgehead atoms. The summed E-state index contributed by atoms with van der Waals surface area (Å²) in [6.45, 7) is 0.319. The van der Waals surface area contributed by atoms with Crippen LogP contribution in [0.4, 0.5) is 5.00 Å². The van der Waals surface area contributed by atoms with Crippen molar-refractivity contribution in [3.05, 3.63) is 98.5 Å². The van der Waals surface area contributed by atoms with Crippen LogP contribution in [-0.4, -0.2) is 11.7 Å². The molecule has 2 aromatic carbocycles. The van der Waals surface area contributed by atoms with Crippen molar-refractivity contribution in [1.29, 1.82) is 5.26 Å². The van der Waals surface area contributed by atoms with Gasteiger partial charge < -0.3 is 10.6 Å². The number of nitriles is 1. The Balaban J connectivity index is 1.63. The van der Waals surface area contributed by atoms with E-state index in [1.165, 1.54) is 22.3 Å². The number of rotatable bonds is 7. The molecule has 1 amide bonds. The van der Waals surface area contributed by atoms with Crippen LogP contribution in [0.1, 0.15) is 44.8 Å². The molecule has 3 aromatic rings. The minimum absolute atomic E-state index is 0.0981. The molecule has 1 aromatic heterocycles. The van der Waals surface area contributed by atoms with Crippen molar-refractivity contribution in [3.8, 4) is 6.07 Å². The number of anilines is 1. The molecule has 0 aliphatic heterocycles. The normalized spacial score (nSPS) is 13.0. The third-order valence-corrected chi connectivity index (χ3v) is 6.94. The second kappa shape index (κ2) is 10.5. The predicted molar refractivity (Wildman–Crippen MR) is 131 cm³/mol. The number of halogens is 1. The van der Waals surface area contributed by atoms with Crippen LogP contribution < -0.4 is 10.6 Å². The second-order valence-corrected chi connectivity index (χ2v) is 9.29. The Morgan fingerprint density at radius 1 is 1.06 bits per heavy atom. The summed E-state index contributed by atoms with van der Waals surface area (Å²) < 4.78 is 0. The van der Waals surface area contributed by atoms with Gasteiger partial charge in [0.2, 0.25) is 0 Å². The highest BCUT2D eigenvalue weighted by molar-refractivity contribution is 7.16. The lowest BCUT2D eigenvalue weighted by Crippen LogP contribution is -2.28. The lowest BCUT2D eigenvalue weighted by atomic mass is 9.96. The average Bonchev–Trinajstić information content (AvgIpc) is 3.20. The zero-order valence-corrected chi connectivity index (χ0v) is 19.4. The minimum Gasteiger partial charge on any atom is -0.347 e. The number of thiophene rings is 1. The van der Waals surface area contributed by atoms with Gasteiger partial charge >= 0.3 is 0 Å². The highest BCUT2D eigenvalue weighted by atomic mass is 35.5. The van der Waals surface area contributed by atoms with Gasteiger partial charge in [-0.2, -0.15) is 5.26 Å². The molecule has 0 spiro atoms. The SMILES string of the molecule is N#Cc1c(NC(=CC(=O)c2ccc(Cl)cc2)C(=O)NCc2ccccc2)sc2c1CCCC2. The van der Waals surface area contributed by atoms with Crippen LogP contribution in [0, 0.1) is 11.3 Å². The Hall–Kier alpha value is -3.40. The molecule has 2 N–H and O–H groups in total. The molecule has 0 radical (unpaired) electrons. The van der Waals surface area contributed by atoms with E-state index in [2.05, 4.69) is 16.7 Å². The summed E-state index contributed by atoms with van der Waals surface area (Å²) in [7, 11) is 0. The zero-order valence-electron chi connectivity index (χ0n) is 17.9. The van der Waals surface area contributed by atoms with E-state index in [-0.39, 0.29) is 11.5 Å². The molecule has 7 heteroatoms. The van der Waals surface area contributed by atoms with Crippen molar-refractivity contribution < 1.29 is 9.59 Å². The summed E-state index contributed by atoms with van der Waals surface area (Å²) in [6, 6.07) is 18.3. The number of carbonyl (C=O) groups excluding carboxylic acids is 2. The number of aryl methyl sites for hydroxylation is 1. The molecule has 4 rings (SSSR count). The fraction of sp³-hybridized carbons (Fsp3) is 0.192. The molecule has 1 aliphatic rings. The van der Waals surface area contributed by atoms with Gasteiger partial charge in [-0.05, 0) is 61.1 Å². The Bertz CT molecular complexity index is 1240. The Kier molecular flexibility index (Phi) is 7.23. The zero-order chi connectivity index (χ0) is 23.2. The van der Waals surface area contributed by atoms with E-state index in [1.54, 1.807) is 24.3 Å². The Labute approximate surface area is 201 Å². The Morgan fingerprint density at radius 2 is 1.79 bits per heavy atom. The molecular weight excluding hydrogens is 454 g/mol. The number of carbonyl (C=O) groups is 2. The van der Waals surface area contributed by atoms with Crippen LogP contribution in [0.25, 0.3) is 0 Å². The van der Waals surface area contributed by atoms with E-state index in [0.717, 1.165) is 36.8 Å². The van der Waals surface area contributed by atoms with Gasteiger partial charge in [0, 0.05) is 28.1 Å². The van der Waals surface area contributed by atoms with Gasteiger partial charge in [-0.1, -0.05) is 41.9 Å². The maximum absolute atomic E-state index is 13.1. The molecule has 0 atom stereocenters. The lowest BCUT2D eigenvalue weighted by Gasteiger charge is -2.11. The molecule has 166 valence electrons. The first-order chi connectivity index (χ1) is 16.0. The van der Waals surface area contributed by atoms with Crippen molar-refractivity contribution in [2.75, 3.05) is 5.32 Å². The van der Waals surface area contributed by atoms with E-state index < -0.39 is 5.91 Å². The maximum Gasteiger partial charge on any atom is 0.268 e. The molecule has 1 heterocycles. The monoisotopic (exact) mass is 475 g/mol. The Morgan fingerprint density at radius 3 is 2.52 bits per heavy atom. The second-order valence-electron chi connectivity index (χ2n) is 7.75. The first-order valence-corrected chi connectivity index (χ1v) is 11.9. The fourth-order valence-corrected chi connectivity index (χ4v) is 5.13. The molecule has 0 saturated heterocycles. The first kappa shape index (κ1) is 22.8. The van der Waals surface area contributed by atoms with Crippen molar-refractivity contribution in [3.63, 3.8) is 0 Å². The smallest absolute Gasteiger partial charge is 0.268 e. The lowest BCUT2D eigenvalue weighted by molar-refractivity contribution is -0.117. The van der Waals surface area contributed by atoms with Crippen LogP contribution in [0.3, 0.4) is 0 Å². The molecular formula is C26H22ClN3O2S. The predicted octanol–water partition coefficient (Wildman–Crippen LogP) is 5.65. The summed E-state index contributed by atoms with van der Waals surface area (Å²) in [4.78, 5) is 27.1. The minimum atomic E-state index is -0.420. The summed E-state index contributed by atoms with van der Waals surface area (Å²) in [5, 5.41) is 16.9. The van der Waals surface area contributed by atoms with Gasteiger partial charge in [0.1, 0.15) is 16.8 Å². The highest BCUT2D eigenvalue weighted by Gasteiger charge is 2.23. The van der Waals surface area contributed by atoms with Crippen LogP contribution >= 0.6 is 22.9 Å². The maximum atomic E-state index is 13.1. The average molecular weight is 476 g/mol. The fourth-order valence-electron chi connectivity index (χ4n) is 3.75. The number of benzene rings is 2. The topological polar surface area (TPSA) is 82.0 Å². The number of ketones is 1. The van der Waals surface area contributed by atoms with Crippen LogP contribution in [0.15, 0.2) is 66.4 Å². The van der Waals surface area contributed by atoms with Gasteiger partial charge in [0.05, 0.1) is 5.56 Å². The summed E-state index contributed by atoms with van der Waals surface area (Å²) >= 11 is 7.42. The number of fused-ring (bicyclic) bond motifs is 1. The molecule has 1 aliphatic carbocycles. The molecule has 33 heavy (non-hydrogen) atoms. The van der Waals surface area contributed by atoms with Crippen LogP contribution in [0.2, 0.25) is 5.02 Å². The van der Waals surface area contributed by atoms with Crippen LogP contribution in [-0.2, 0) is 24.2 Å². The van der Waals surface area contributed by atoms with Crippen molar-refractivity contribution in [1.82, 2.24) is 5.32 Å². The number of hydrogen-bond acceptors (Lipinski definition) is 5.